The van der Waals surface area contributed by atoms with Crippen molar-refractivity contribution in [2.75, 3.05) is 19.1 Å². The number of hydrogen-bond donors (Lipinski definition) is 0. The van der Waals surface area contributed by atoms with Crippen molar-refractivity contribution in [1.82, 2.24) is 0 Å². The molecule has 0 aromatic heterocycles. The van der Waals surface area contributed by atoms with E-state index >= 15 is 0 Å². The Morgan fingerprint density at radius 2 is 1.82 bits per heavy atom. The van der Waals surface area contributed by atoms with Crippen molar-refractivity contribution < 1.29 is 9.47 Å². The first-order chi connectivity index (χ1) is 5.35. The van der Waals surface area contributed by atoms with E-state index in [-0.39, 0.29) is 0 Å². The molecule has 0 aliphatic heterocycles. The number of hydrogen-bond acceptors (Lipinski definition) is 2. The lowest BCUT2D eigenvalue weighted by Crippen LogP contribution is -2.14. The minimum atomic E-state index is -0.413. The maximum atomic E-state index is 5.36. The number of halogens is 1. The smallest absolute Gasteiger partial charge is 0.222 e. The van der Waals surface area contributed by atoms with E-state index in [1.165, 1.54) is 0 Å². The van der Waals surface area contributed by atoms with Crippen molar-refractivity contribution in [2.24, 2.45) is 0 Å². The first-order valence-electron chi connectivity index (χ1n) is 3.62. The Balaban J connectivity index is 3.68. The Bertz CT molecular complexity index is 131. The van der Waals surface area contributed by atoms with Gasteiger partial charge in [-0.2, -0.15) is 0 Å². The lowest BCUT2D eigenvalue weighted by molar-refractivity contribution is -0.0970. The normalized spacial score (nSPS) is 9.45. The quantitative estimate of drug-likeness (QED) is 0.368. The van der Waals surface area contributed by atoms with E-state index in [0.717, 1.165) is 0 Å². The van der Waals surface area contributed by atoms with Gasteiger partial charge in [-0.1, -0.05) is 5.92 Å². The molecule has 0 unspecified atom stereocenters. The Morgan fingerprint density at radius 3 is 2.18 bits per heavy atom. The second-order valence-corrected chi connectivity index (χ2v) is 1.96. The third-order valence-electron chi connectivity index (χ3n) is 0.923. The summed E-state index contributed by atoms with van der Waals surface area (Å²) >= 11 is 5.36. The monoisotopic (exact) mass is 176 g/mol. The summed E-state index contributed by atoms with van der Waals surface area (Å²) in [5, 5.41) is 0. The van der Waals surface area contributed by atoms with Crippen LogP contribution in [-0.4, -0.2) is 25.4 Å². The van der Waals surface area contributed by atoms with Gasteiger partial charge in [0.1, 0.15) is 0 Å². The summed E-state index contributed by atoms with van der Waals surface area (Å²) in [5.74, 6) is 5.74. The summed E-state index contributed by atoms with van der Waals surface area (Å²) in [4.78, 5) is 0. The molecule has 0 rings (SSSR count). The molecule has 0 aromatic rings. The van der Waals surface area contributed by atoms with Gasteiger partial charge in [-0.05, 0) is 19.8 Å². The van der Waals surface area contributed by atoms with Crippen LogP contribution in [-0.2, 0) is 9.47 Å². The van der Waals surface area contributed by atoms with Crippen LogP contribution in [0.3, 0.4) is 0 Å². The fraction of sp³-hybridized carbons (Fsp3) is 0.750. The highest BCUT2D eigenvalue weighted by molar-refractivity contribution is 6.19. The van der Waals surface area contributed by atoms with E-state index < -0.39 is 6.29 Å². The lowest BCUT2D eigenvalue weighted by atomic mass is 10.6. The zero-order valence-electron chi connectivity index (χ0n) is 6.89. The topological polar surface area (TPSA) is 18.5 Å². The standard InChI is InChI=1S/C8H13ClO2/c1-3-10-8(11-4-2)6-5-7-9/h8H,3-4,7H2,1-2H3. The molecule has 0 N–H and O–H groups in total. The zero-order valence-corrected chi connectivity index (χ0v) is 7.65. The molecule has 2 nitrogen and oxygen atoms in total. The molecule has 0 aliphatic carbocycles. The van der Waals surface area contributed by atoms with Gasteiger partial charge >= 0.3 is 0 Å². The van der Waals surface area contributed by atoms with Crippen LogP contribution >= 0.6 is 11.6 Å². The first kappa shape index (κ1) is 10.8. The Hall–Kier alpha value is -0.230. The molecular formula is C8H13ClO2. The largest absolute Gasteiger partial charge is 0.342 e. The third kappa shape index (κ3) is 6.18. The second-order valence-electron chi connectivity index (χ2n) is 1.70. The molecule has 0 bridgehead atoms. The summed E-state index contributed by atoms with van der Waals surface area (Å²) in [7, 11) is 0. The number of rotatable bonds is 4. The highest BCUT2D eigenvalue weighted by atomic mass is 35.5. The molecule has 0 fully saturated rings. The highest BCUT2D eigenvalue weighted by Crippen LogP contribution is 1.92. The fourth-order valence-electron chi connectivity index (χ4n) is 0.556. The van der Waals surface area contributed by atoms with Crippen molar-refractivity contribution in [3.8, 4) is 11.8 Å². The van der Waals surface area contributed by atoms with Gasteiger partial charge in [-0.3, -0.25) is 0 Å². The van der Waals surface area contributed by atoms with Crippen LogP contribution in [0.15, 0.2) is 0 Å². The minimum Gasteiger partial charge on any atom is -0.342 e. The Morgan fingerprint density at radius 1 is 1.27 bits per heavy atom. The van der Waals surface area contributed by atoms with Crippen LogP contribution in [0.2, 0.25) is 0 Å². The molecule has 0 radical (unpaired) electrons. The molecule has 3 heteroatoms. The SMILES string of the molecule is CCOC(C#CCCl)OCC. The summed E-state index contributed by atoms with van der Waals surface area (Å²) in [5.41, 5.74) is 0. The molecule has 11 heavy (non-hydrogen) atoms. The van der Waals surface area contributed by atoms with Crippen molar-refractivity contribution in [3.05, 3.63) is 0 Å². The molecule has 0 saturated heterocycles. The van der Waals surface area contributed by atoms with Crippen LogP contribution in [0.4, 0.5) is 0 Å². The second kappa shape index (κ2) is 7.87. The summed E-state index contributed by atoms with van der Waals surface area (Å²) in [6.07, 6.45) is -0.413. The van der Waals surface area contributed by atoms with E-state index in [0.29, 0.717) is 19.1 Å². The average molecular weight is 177 g/mol. The van der Waals surface area contributed by atoms with Gasteiger partial charge in [-0.25, -0.2) is 0 Å². The van der Waals surface area contributed by atoms with Gasteiger partial charge in [0, 0.05) is 13.2 Å². The Kier molecular flexibility index (Phi) is 7.71. The molecule has 0 aromatic carbocycles. The van der Waals surface area contributed by atoms with Gasteiger partial charge in [0.05, 0.1) is 5.88 Å². The van der Waals surface area contributed by atoms with Crippen molar-refractivity contribution in [3.63, 3.8) is 0 Å². The zero-order chi connectivity index (χ0) is 8.53. The van der Waals surface area contributed by atoms with E-state index in [2.05, 4.69) is 11.8 Å². The van der Waals surface area contributed by atoms with Crippen LogP contribution in [0.25, 0.3) is 0 Å². The van der Waals surface area contributed by atoms with Crippen LogP contribution in [0.1, 0.15) is 13.8 Å². The first-order valence-corrected chi connectivity index (χ1v) is 4.16. The van der Waals surface area contributed by atoms with Crippen LogP contribution < -0.4 is 0 Å². The minimum absolute atomic E-state index is 0.316. The Labute approximate surface area is 72.8 Å². The number of alkyl halides is 1. The number of ether oxygens (including phenoxy) is 2. The maximum absolute atomic E-state index is 5.36. The van der Waals surface area contributed by atoms with Crippen molar-refractivity contribution in [2.45, 2.75) is 20.1 Å². The maximum Gasteiger partial charge on any atom is 0.222 e. The molecule has 0 aliphatic rings. The predicted octanol–water partition coefficient (Wildman–Crippen LogP) is 1.63. The van der Waals surface area contributed by atoms with Crippen molar-refractivity contribution >= 4 is 11.6 Å². The van der Waals surface area contributed by atoms with E-state index in [4.69, 9.17) is 21.1 Å². The van der Waals surface area contributed by atoms with Gasteiger partial charge in [-0.15, -0.1) is 11.6 Å². The van der Waals surface area contributed by atoms with E-state index in [1.54, 1.807) is 0 Å². The van der Waals surface area contributed by atoms with Gasteiger partial charge in [0.25, 0.3) is 0 Å². The third-order valence-corrected chi connectivity index (χ3v) is 1.06. The van der Waals surface area contributed by atoms with Crippen LogP contribution in [0.5, 0.6) is 0 Å². The van der Waals surface area contributed by atoms with Crippen LogP contribution in [0, 0.1) is 11.8 Å². The average Bonchev–Trinajstić information content (AvgIpc) is 2.01. The summed E-state index contributed by atoms with van der Waals surface area (Å²) in [6, 6.07) is 0. The molecule has 0 amide bonds. The fourth-order valence-corrected chi connectivity index (χ4v) is 0.633. The lowest BCUT2D eigenvalue weighted by Gasteiger charge is -2.09. The van der Waals surface area contributed by atoms with Gasteiger partial charge in [0.15, 0.2) is 0 Å². The molecule has 0 heterocycles. The van der Waals surface area contributed by atoms with Gasteiger partial charge in [0.2, 0.25) is 6.29 Å². The van der Waals surface area contributed by atoms with E-state index in [9.17, 15) is 0 Å². The molecule has 0 saturated carbocycles. The summed E-state index contributed by atoms with van der Waals surface area (Å²) < 4.78 is 10.3. The molecule has 0 spiro atoms. The highest BCUT2D eigenvalue weighted by Gasteiger charge is 2.00. The van der Waals surface area contributed by atoms with Crippen molar-refractivity contribution in [1.29, 1.82) is 0 Å². The molecule has 0 atom stereocenters. The molecule has 64 valence electrons. The predicted molar refractivity (Wildman–Crippen MR) is 45.5 cm³/mol. The van der Waals surface area contributed by atoms with Gasteiger partial charge < -0.3 is 9.47 Å². The molecular weight excluding hydrogens is 164 g/mol. The summed E-state index contributed by atoms with van der Waals surface area (Å²) in [6.45, 7) is 4.99. The van der Waals surface area contributed by atoms with E-state index in [1.807, 2.05) is 13.8 Å².